The van der Waals surface area contributed by atoms with Gasteiger partial charge in [-0.3, -0.25) is 0 Å². The first-order valence-electron chi connectivity index (χ1n) is 4.50. The highest BCUT2D eigenvalue weighted by atomic mass is 15.1. The number of unbranched alkanes of at least 4 members (excludes halogenated alkanes) is 2. The van der Waals surface area contributed by atoms with Crippen LogP contribution in [0, 0.1) is 12.3 Å². The zero-order valence-electron chi connectivity index (χ0n) is 8.41. The first-order chi connectivity index (χ1) is 5.68. The summed E-state index contributed by atoms with van der Waals surface area (Å²) in [4.78, 5) is 0. The van der Waals surface area contributed by atoms with Crippen molar-refractivity contribution in [2.45, 2.75) is 38.3 Å². The van der Waals surface area contributed by atoms with E-state index < -0.39 is 0 Å². The summed E-state index contributed by atoms with van der Waals surface area (Å²) in [6, 6.07) is 0. The monoisotopic (exact) mass is 168 g/mol. The molecule has 70 valence electrons. The van der Waals surface area contributed by atoms with Crippen LogP contribution in [0.15, 0.2) is 0 Å². The van der Waals surface area contributed by atoms with Crippen LogP contribution in [0.2, 0.25) is 0 Å². The molecule has 0 radical (unpaired) electrons. The van der Waals surface area contributed by atoms with Crippen molar-refractivity contribution in [3.63, 3.8) is 0 Å². The van der Waals surface area contributed by atoms with Gasteiger partial charge in [0.1, 0.15) is 0 Å². The lowest BCUT2D eigenvalue weighted by molar-refractivity contribution is 0.294. The van der Waals surface area contributed by atoms with Gasteiger partial charge in [0.15, 0.2) is 0 Å². The number of nitrogens with one attached hydrogen (secondary N) is 2. The maximum atomic E-state index is 5.16. The summed E-state index contributed by atoms with van der Waals surface area (Å²) < 4.78 is 0. The summed E-state index contributed by atoms with van der Waals surface area (Å²) in [5.74, 6) is 2.65. The molecule has 0 aromatic heterocycles. The van der Waals surface area contributed by atoms with Crippen LogP contribution in [-0.4, -0.2) is 19.8 Å². The van der Waals surface area contributed by atoms with Gasteiger partial charge in [0.05, 0.1) is 5.66 Å². The van der Waals surface area contributed by atoms with Gasteiger partial charge in [-0.25, -0.2) is 0 Å². The van der Waals surface area contributed by atoms with E-state index in [4.69, 9.17) is 6.42 Å². The molecule has 2 heteroatoms. The van der Waals surface area contributed by atoms with Crippen molar-refractivity contribution >= 4 is 0 Å². The fraction of sp³-hybridized carbons (Fsp3) is 0.800. The third-order valence-electron chi connectivity index (χ3n) is 2.35. The minimum absolute atomic E-state index is 0.0641. The molecule has 12 heavy (non-hydrogen) atoms. The van der Waals surface area contributed by atoms with Crippen molar-refractivity contribution in [2.75, 3.05) is 14.1 Å². The fourth-order valence-electron chi connectivity index (χ4n) is 1.08. The zero-order valence-corrected chi connectivity index (χ0v) is 8.41. The van der Waals surface area contributed by atoms with E-state index >= 15 is 0 Å². The van der Waals surface area contributed by atoms with Crippen molar-refractivity contribution in [3.05, 3.63) is 0 Å². The van der Waals surface area contributed by atoms with E-state index in [1.165, 1.54) is 6.42 Å². The standard InChI is InChI=1S/C10H20N2/c1-5-6-7-8-9-10(2,11-3)12-4/h1,11-12H,6-9H2,2-4H3. The van der Waals surface area contributed by atoms with Gasteiger partial charge < -0.3 is 10.6 Å². The molecule has 0 aromatic carbocycles. The maximum Gasteiger partial charge on any atom is 0.0653 e. The number of hydrogen-bond donors (Lipinski definition) is 2. The summed E-state index contributed by atoms with van der Waals surface area (Å²) in [5.41, 5.74) is 0.0641. The molecule has 0 spiro atoms. The summed E-state index contributed by atoms with van der Waals surface area (Å²) in [6.07, 6.45) is 9.46. The third-order valence-corrected chi connectivity index (χ3v) is 2.35. The van der Waals surface area contributed by atoms with E-state index in [1.807, 2.05) is 14.1 Å². The summed E-state index contributed by atoms with van der Waals surface area (Å²) >= 11 is 0. The smallest absolute Gasteiger partial charge is 0.0653 e. The minimum Gasteiger partial charge on any atom is -0.303 e. The average molecular weight is 168 g/mol. The Bertz CT molecular complexity index is 142. The van der Waals surface area contributed by atoms with Crippen LogP contribution in [0.3, 0.4) is 0 Å². The molecule has 0 unspecified atom stereocenters. The van der Waals surface area contributed by atoms with Gasteiger partial charge in [-0.05, 0) is 40.3 Å². The van der Waals surface area contributed by atoms with E-state index in [2.05, 4.69) is 23.5 Å². The highest BCUT2D eigenvalue weighted by molar-refractivity contribution is 4.84. The van der Waals surface area contributed by atoms with Gasteiger partial charge in [0, 0.05) is 6.42 Å². The lowest BCUT2D eigenvalue weighted by atomic mass is 10.0. The molecule has 0 aromatic rings. The van der Waals surface area contributed by atoms with Gasteiger partial charge in [-0.15, -0.1) is 12.3 Å². The lowest BCUT2D eigenvalue weighted by Gasteiger charge is -2.28. The molecule has 0 saturated heterocycles. The van der Waals surface area contributed by atoms with Gasteiger partial charge >= 0.3 is 0 Å². The fourth-order valence-corrected chi connectivity index (χ4v) is 1.08. The van der Waals surface area contributed by atoms with Crippen LogP contribution in [-0.2, 0) is 0 Å². The Kier molecular flexibility index (Phi) is 5.79. The van der Waals surface area contributed by atoms with Crippen molar-refractivity contribution < 1.29 is 0 Å². The lowest BCUT2D eigenvalue weighted by Crippen LogP contribution is -2.50. The van der Waals surface area contributed by atoms with E-state index in [9.17, 15) is 0 Å². The molecule has 2 nitrogen and oxygen atoms in total. The first kappa shape index (κ1) is 11.5. The SMILES string of the molecule is C#CCCCCC(C)(NC)NC. The minimum atomic E-state index is 0.0641. The van der Waals surface area contributed by atoms with Crippen molar-refractivity contribution in [2.24, 2.45) is 0 Å². The van der Waals surface area contributed by atoms with Crippen molar-refractivity contribution in [1.82, 2.24) is 10.6 Å². The Hall–Kier alpha value is -0.520. The Labute approximate surface area is 76.1 Å². The number of terminal acetylenes is 1. The third kappa shape index (κ3) is 4.38. The molecule has 0 heterocycles. The molecule has 2 N–H and O–H groups in total. The second-order valence-electron chi connectivity index (χ2n) is 3.24. The molecular formula is C10H20N2. The molecule has 0 saturated carbocycles. The summed E-state index contributed by atoms with van der Waals surface area (Å²) in [6.45, 7) is 2.16. The first-order valence-corrected chi connectivity index (χ1v) is 4.50. The Morgan fingerprint density at radius 1 is 1.25 bits per heavy atom. The maximum absolute atomic E-state index is 5.16. The molecule has 0 amide bonds. The van der Waals surface area contributed by atoms with Crippen LogP contribution in [0.5, 0.6) is 0 Å². The molecule has 0 atom stereocenters. The van der Waals surface area contributed by atoms with Crippen molar-refractivity contribution in [1.29, 1.82) is 0 Å². The zero-order chi connectivity index (χ0) is 9.45. The second kappa shape index (κ2) is 6.05. The van der Waals surface area contributed by atoms with Gasteiger partial charge in [0.25, 0.3) is 0 Å². The molecule has 0 aliphatic rings. The predicted octanol–water partition coefficient (Wildman–Crippen LogP) is 1.33. The Morgan fingerprint density at radius 2 is 1.83 bits per heavy atom. The Balaban J connectivity index is 3.53. The normalized spacial score (nSPS) is 11.2. The van der Waals surface area contributed by atoms with E-state index in [-0.39, 0.29) is 5.66 Å². The summed E-state index contributed by atoms with van der Waals surface area (Å²) in [5, 5.41) is 6.48. The van der Waals surface area contributed by atoms with Gasteiger partial charge in [-0.1, -0.05) is 0 Å². The van der Waals surface area contributed by atoms with Crippen LogP contribution in [0.1, 0.15) is 32.6 Å². The quantitative estimate of drug-likeness (QED) is 0.355. The predicted molar refractivity (Wildman–Crippen MR) is 53.8 cm³/mol. The van der Waals surface area contributed by atoms with Crippen LogP contribution in [0.4, 0.5) is 0 Å². The molecule has 0 aliphatic carbocycles. The Morgan fingerprint density at radius 3 is 2.25 bits per heavy atom. The molecular weight excluding hydrogens is 148 g/mol. The van der Waals surface area contributed by atoms with Crippen molar-refractivity contribution in [3.8, 4) is 12.3 Å². The highest BCUT2D eigenvalue weighted by Gasteiger charge is 2.17. The summed E-state index contributed by atoms with van der Waals surface area (Å²) in [7, 11) is 3.94. The highest BCUT2D eigenvalue weighted by Crippen LogP contribution is 2.10. The molecule has 0 fully saturated rings. The van der Waals surface area contributed by atoms with Crippen LogP contribution >= 0.6 is 0 Å². The van der Waals surface area contributed by atoms with Gasteiger partial charge in [0.2, 0.25) is 0 Å². The average Bonchev–Trinajstić information content (AvgIpc) is 2.12. The second-order valence-corrected chi connectivity index (χ2v) is 3.24. The molecule has 0 aliphatic heterocycles. The van der Waals surface area contributed by atoms with Crippen LogP contribution < -0.4 is 10.6 Å². The molecule has 0 rings (SSSR count). The van der Waals surface area contributed by atoms with Crippen LogP contribution in [0.25, 0.3) is 0 Å². The molecule has 0 bridgehead atoms. The van der Waals surface area contributed by atoms with E-state index in [1.54, 1.807) is 0 Å². The van der Waals surface area contributed by atoms with E-state index in [0.29, 0.717) is 0 Å². The topological polar surface area (TPSA) is 24.1 Å². The van der Waals surface area contributed by atoms with E-state index in [0.717, 1.165) is 19.3 Å². The number of rotatable bonds is 6. The number of hydrogen-bond acceptors (Lipinski definition) is 2. The van der Waals surface area contributed by atoms with Gasteiger partial charge in [-0.2, -0.15) is 0 Å². The largest absolute Gasteiger partial charge is 0.303 e.